The molecule has 2 rings (SSSR count). The lowest BCUT2D eigenvalue weighted by Crippen LogP contribution is -2.12. The van der Waals surface area contributed by atoms with Crippen LogP contribution in [0.2, 0.25) is 0 Å². The first-order chi connectivity index (χ1) is 8.67. The minimum Gasteiger partial charge on any atom is -0.368 e. The average Bonchev–Trinajstić information content (AvgIpc) is 2.37. The Kier molecular flexibility index (Phi) is 3.96. The van der Waals surface area contributed by atoms with E-state index in [1.165, 1.54) is 0 Å². The Labute approximate surface area is 113 Å². The lowest BCUT2D eigenvalue weighted by molar-refractivity contribution is 1.08. The topological polar surface area (TPSA) is 102 Å². The first-order valence-corrected chi connectivity index (χ1v) is 6.06. The van der Waals surface area contributed by atoms with Gasteiger partial charge in [0.2, 0.25) is 5.95 Å². The number of anilines is 3. The summed E-state index contributed by atoms with van der Waals surface area (Å²) in [5.41, 5.74) is 9.13. The van der Waals surface area contributed by atoms with Crippen LogP contribution in [0.1, 0.15) is 5.56 Å². The van der Waals surface area contributed by atoms with Gasteiger partial charge in [0.1, 0.15) is 11.6 Å². The summed E-state index contributed by atoms with van der Waals surface area (Å²) < 4.78 is 1.05. The minimum absolute atomic E-state index is 0.170. The molecule has 94 valence electrons. The Morgan fingerprint density at radius 3 is 2.44 bits per heavy atom. The number of rotatable bonds is 4. The van der Waals surface area contributed by atoms with Crippen LogP contribution in [0.4, 0.5) is 17.6 Å². The monoisotopic (exact) mass is 308 g/mol. The van der Waals surface area contributed by atoms with E-state index in [1.807, 2.05) is 24.3 Å². The third kappa shape index (κ3) is 3.31. The van der Waals surface area contributed by atoms with Crippen molar-refractivity contribution in [2.24, 2.45) is 5.84 Å². The van der Waals surface area contributed by atoms with Gasteiger partial charge in [-0.2, -0.15) is 9.97 Å². The van der Waals surface area contributed by atoms with E-state index in [1.54, 1.807) is 6.07 Å². The summed E-state index contributed by atoms with van der Waals surface area (Å²) in [5.74, 6) is 6.55. The van der Waals surface area contributed by atoms with Gasteiger partial charge in [-0.15, -0.1) is 0 Å². The van der Waals surface area contributed by atoms with E-state index < -0.39 is 0 Å². The van der Waals surface area contributed by atoms with E-state index in [9.17, 15) is 0 Å². The van der Waals surface area contributed by atoms with Crippen LogP contribution in [0.5, 0.6) is 0 Å². The maximum atomic E-state index is 5.56. The van der Waals surface area contributed by atoms with Crippen LogP contribution in [0.15, 0.2) is 34.8 Å². The van der Waals surface area contributed by atoms with Crippen molar-refractivity contribution in [1.82, 2.24) is 9.97 Å². The molecule has 0 atom stereocenters. The number of halogens is 1. The first-order valence-electron chi connectivity index (χ1n) is 5.27. The summed E-state index contributed by atoms with van der Waals surface area (Å²) in [6.07, 6.45) is 0. The highest BCUT2D eigenvalue weighted by Crippen LogP contribution is 2.14. The van der Waals surface area contributed by atoms with Crippen molar-refractivity contribution in [1.29, 1.82) is 0 Å². The molecule has 0 spiro atoms. The summed E-state index contributed by atoms with van der Waals surface area (Å²) in [5, 5.41) is 3.15. The van der Waals surface area contributed by atoms with Gasteiger partial charge in [0, 0.05) is 17.1 Å². The van der Waals surface area contributed by atoms with Crippen molar-refractivity contribution in [2.45, 2.75) is 6.54 Å². The van der Waals surface area contributed by atoms with Gasteiger partial charge in [0.25, 0.3) is 0 Å². The molecular formula is C11H13BrN6. The van der Waals surface area contributed by atoms with Crippen molar-refractivity contribution in [3.8, 4) is 0 Å². The van der Waals surface area contributed by atoms with E-state index in [0.717, 1.165) is 10.0 Å². The molecule has 2 aromatic rings. The van der Waals surface area contributed by atoms with E-state index >= 15 is 0 Å². The van der Waals surface area contributed by atoms with E-state index in [0.29, 0.717) is 18.2 Å². The van der Waals surface area contributed by atoms with Crippen molar-refractivity contribution >= 4 is 33.5 Å². The zero-order valence-electron chi connectivity index (χ0n) is 9.52. The second-order valence-corrected chi connectivity index (χ2v) is 4.54. The van der Waals surface area contributed by atoms with Gasteiger partial charge in [-0.1, -0.05) is 28.1 Å². The number of aromatic nitrogens is 2. The molecule has 0 fully saturated rings. The van der Waals surface area contributed by atoms with Gasteiger partial charge in [-0.05, 0) is 17.7 Å². The highest BCUT2D eigenvalue weighted by atomic mass is 79.9. The number of nitrogens with two attached hydrogens (primary N) is 2. The number of hydrogen-bond acceptors (Lipinski definition) is 6. The second kappa shape index (κ2) is 5.65. The number of benzene rings is 1. The average molecular weight is 309 g/mol. The SMILES string of the molecule is NNc1cc(NCc2ccc(Br)cc2)nc(N)n1. The maximum Gasteiger partial charge on any atom is 0.223 e. The molecule has 18 heavy (non-hydrogen) atoms. The molecule has 1 heterocycles. The zero-order valence-corrected chi connectivity index (χ0v) is 11.1. The quantitative estimate of drug-likeness (QED) is 0.507. The summed E-state index contributed by atoms with van der Waals surface area (Å²) in [6, 6.07) is 9.69. The first kappa shape index (κ1) is 12.6. The van der Waals surface area contributed by atoms with Gasteiger partial charge in [-0.3, -0.25) is 0 Å². The van der Waals surface area contributed by atoms with Gasteiger partial charge in [0.05, 0.1) is 0 Å². The minimum atomic E-state index is 0.170. The van der Waals surface area contributed by atoms with Crippen molar-refractivity contribution < 1.29 is 0 Å². The van der Waals surface area contributed by atoms with Crippen molar-refractivity contribution in [3.63, 3.8) is 0 Å². The number of nitrogens with one attached hydrogen (secondary N) is 2. The molecule has 0 aliphatic rings. The third-order valence-corrected chi connectivity index (χ3v) is 2.81. The molecule has 1 aromatic heterocycles. The molecule has 0 saturated heterocycles. The van der Waals surface area contributed by atoms with E-state index in [4.69, 9.17) is 11.6 Å². The number of hydrazine groups is 1. The standard InChI is InChI=1S/C11H13BrN6/c12-8-3-1-7(2-4-8)6-15-9-5-10(18-14)17-11(13)16-9/h1-5H,6,14H2,(H4,13,15,16,17,18). The van der Waals surface area contributed by atoms with Crippen LogP contribution in [0.3, 0.4) is 0 Å². The number of hydrogen-bond donors (Lipinski definition) is 4. The highest BCUT2D eigenvalue weighted by molar-refractivity contribution is 9.10. The summed E-state index contributed by atoms with van der Waals surface area (Å²) in [4.78, 5) is 7.97. The van der Waals surface area contributed by atoms with Gasteiger partial charge < -0.3 is 16.5 Å². The zero-order chi connectivity index (χ0) is 13.0. The van der Waals surface area contributed by atoms with Crippen LogP contribution < -0.4 is 22.3 Å². The number of nitrogens with zero attached hydrogens (tertiary/aromatic N) is 2. The summed E-state index contributed by atoms with van der Waals surface area (Å²) in [7, 11) is 0. The van der Waals surface area contributed by atoms with Gasteiger partial charge in [0.15, 0.2) is 0 Å². The van der Waals surface area contributed by atoms with Crippen molar-refractivity contribution in [3.05, 3.63) is 40.4 Å². The molecule has 0 aliphatic carbocycles. The molecule has 0 amide bonds. The Balaban J connectivity index is 2.05. The largest absolute Gasteiger partial charge is 0.368 e. The summed E-state index contributed by atoms with van der Waals surface area (Å²) in [6.45, 7) is 0.647. The Morgan fingerprint density at radius 1 is 1.11 bits per heavy atom. The molecule has 0 saturated carbocycles. The maximum absolute atomic E-state index is 5.56. The second-order valence-electron chi connectivity index (χ2n) is 3.62. The fraction of sp³-hybridized carbons (Fsp3) is 0.0909. The molecular weight excluding hydrogens is 296 g/mol. The van der Waals surface area contributed by atoms with Gasteiger partial charge >= 0.3 is 0 Å². The van der Waals surface area contributed by atoms with Gasteiger partial charge in [-0.25, -0.2) is 5.84 Å². The smallest absolute Gasteiger partial charge is 0.223 e. The molecule has 6 nitrogen and oxygen atoms in total. The molecule has 0 bridgehead atoms. The predicted octanol–water partition coefficient (Wildman–Crippen LogP) is 1.72. The predicted molar refractivity (Wildman–Crippen MR) is 75.7 cm³/mol. The molecule has 1 aromatic carbocycles. The fourth-order valence-corrected chi connectivity index (χ4v) is 1.69. The Bertz CT molecular complexity index is 528. The lowest BCUT2D eigenvalue weighted by atomic mass is 10.2. The lowest BCUT2D eigenvalue weighted by Gasteiger charge is -2.08. The summed E-state index contributed by atoms with van der Waals surface area (Å²) >= 11 is 3.39. The molecule has 0 radical (unpaired) electrons. The van der Waals surface area contributed by atoms with Crippen LogP contribution in [-0.4, -0.2) is 9.97 Å². The van der Waals surface area contributed by atoms with Crippen molar-refractivity contribution in [2.75, 3.05) is 16.5 Å². The highest BCUT2D eigenvalue weighted by Gasteiger charge is 2.01. The van der Waals surface area contributed by atoms with E-state index in [-0.39, 0.29) is 5.95 Å². The molecule has 6 N–H and O–H groups in total. The third-order valence-electron chi connectivity index (χ3n) is 2.28. The van der Waals surface area contributed by atoms with E-state index in [2.05, 4.69) is 36.6 Å². The van der Waals surface area contributed by atoms with Crippen LogP contribution in [0.25, 0.3) is 0 Å². The van der Waals surface area contributed by atoms with Crippen LogP contribution >= 0.6 is 15.9 Å². The number of nitrogen functional groups attached to an aromatic ring is 2. The fourth-order valence-electron chi connectivity index (χ4n) is 1.43. The molecule has 0 aliphatic heterocycles. The Morgan fingerprint density at radius 2 is 1.78 bits per heavy atom. The molecule has 0 unspecified atom stereocenters. The molecule has 7 heteroatoms. The van der Waals surface area contributed by atoms with Crippen LogP contribution in [-0.2, 0) is 6.54 Å². The normalized spacial score (nSPS) is 10.1. The Hall–Kier alpha value is -1.86. The van der Waals surface area contributed by atoms with Crippen LogP contribution in [0, 0.1) is 0 Å².